The summed E-state index contributed by atoms with van der Waals surface area (Å²) in [7, 11) is -7.38. The summed E-state index contributed by atoms with van der Waals surface area (Å²) in [4.78, 5) is 0.0953. The van der Waals surface area contributed by atoms with Crippen LogP contribution < -0.4 is 9.44 Å². The van der Waals surface area contributed by atoms with E-state index in [-0.39, 0.29) is 15.5 Å². The van der Waals surface area contributed by atoms with Gasteiger partial charge in [0.05, 0.1) is 9.79 Å². The Morgan fingerprint density at radius 1 is 0.917 bits per heavy atom. The van der Waals surface area contributed by atoms with Crippen LogP contribution in [-0.4, -0.2) is 23.4 Å². The van der Waals surface area contributed by atoms with E-state index in [1.807, 2.05) is 6.92 Å². The largest absolute Gasteiger partial charge is 0.280 e. The summed E-state index contributed by atoms with van der Waals surface area (Å²) in [6.45, 7) is 2.20. The number of anilines is 1. The number of nitrogens with one attached hydrogen (secondary N) is 2. The fourth-order valence-corrected chi connectivity index (χ4v) is 4.36. The van der Waals surface area contributed by atoms with Crippen LogP contribution in [0.2, 0.25) is 5.02 Å². The topological polar surface area (TPSA) is 92.3 Å². The number of hydrogen-bond acceptors (Lipinski definition) is 4. The molecule has 0 heterocycles. The zero-order valence-corrected chi connectivity index (χ0v) is 15.2. The first-order valence-corrected chi connectivity index (χ1v) is 10.5. The molecular formula is C15H17ClN2O4S2. The summed E-state index contributed by atoms with van der Waals surface area (Å²) < 4.78 is 53.3. The number of rotatable bonds is 7. The predicted octanol–water partition coefficient (Wildman–Crippen LogP) is 2.83. The summed E-state index contributed by atoms with van der Waals surface area (Å²) >= 11 is 5.80. The normalized spacial score (nSPS) is 12.1. The van der Waals surface area contributed by atoms with Gasteiger partial charge in [-0.2, -0.15) is 0 Å². The number of halogens is 1. The molecule has 0 amide bonds. The Hall–Kier alpha value is -1.61. The molecule has 2 aromatic rings. The van der Waals surface area contributed by atoms with Gasteiger partial charge in [0.1, 0.15) is 0 Å². The molecule has 6 nitrogen and oxygen atoms in total. The lowest BCUT2D eigenvalue weighted by Gasteiger charge is -2.10. The Labute approximate surface area is 147 Å². The first-order chi connectivity index (χ1) is 11.2. The monoisotopic (exact) mass is 388 g/mol. The van der Waals surface area contributed by atoms with Gasteiger partial charge >= 0.3 is 0 Å². The van der Waals surface area contributed by atoms with Crippen LogP contribution in [0.15, 0.2) is 58.3 Å². The van der Waals surface area contributed by atoms with Crippen molar-refractivity contribution in [1.29, 1.82) is 0 Å². The average molecular weight is 389 g/mol. The Balaban J connectivity index is 2.20. The lowest BCUT2D eigenvalue weighted by molar-refractivity contribution is 0.581. The van der Waals surface area contributed by atoms with E-state index in [9.17, 15) is 16.8 Å². The van der Waals surface area contributed by atoms with Gasteiger partial charge in [0.15, 0.2) is 0 Å². The van der Waals surface area contributed by atoms with Crippen molar-refractivity contribution in [2.75, 3.05) is 11.3 Å². The summed E-state index contributed by atoms with van der Waals surface area (Å²) in [6, 6.07) is 11.3. The summed E-state index contributed by atoms with van der Waals surface area (Å²) in [5, 5.41) is 0.307. The van der Waals surface area contributed by atoms with Gasteiger partial charge in [-0.1, -0.05) is 24.6 Å². The van der Waals surface area contributed by atoms with E-state index in [1.165, 1.54) is 42.5 Å². The van der Waals surface area contributed by atoms with Crippen molar-refractivity contribution in [1.82, 2.24) is 4.72 Å². The second-order valence-corrected chi connectivity index (χ2v) is 8.87. The molecule has 0 aliphatic heterocycles. The fourth-order valence-electron chi connectivity index (χ4n) is 1.87. The van der Waals surface area contributed by atoms with Crippen LogP contribution >= 0.6 is 11.6 Å². The van der Waals surface area contributed by atoms with E-state index in [0.717, 1.165) is 0 Å². The van der Waals surface area contributed by atoms with Crippen molar-refractivity contribution in [2.24, 2.45) is 0 Å². The van der Waals surface area contributed by atoms with Crippen LogP contribution in [0.25, 0.3) is 0 Å². The molecule has 130 valence electrons. The van der Waals surface area contributed by atoms with Gasteiger partial charge in [-0.25, -0.2) is 21.6 Å². The van der Waals surface area contributed by atoms with Crippen molar-refractivity contribution in [2.45, 2.75) is 23.1 Å². The molecule has 0 atom stereocenters. The quantitative estimate of drug-likeness (QED) is 0.762. The molecule has 0 aliphatic rings. The van der Waals surface area contributed by atoms with Gasteiger partial charge in [-0.3, -0.25) is 4.72 Å². The van der Waals surface area contributed by atoms with Crippen LogP contribution in [0.5, 0.6) is 0 Å². The van der Waals surface area contributed by atoms with Crippen LogP contribution in [0.3, 0.4) is 0 Å². The van der Waals surface area contributed by atoms with E-state index in [2.05, 4.69) is 9.44 Å². The Kier molecular flexibility index (Phi) is 5.87. The van der Waals surface area contributed by atoms with Crippen molar-refractivity contribution in [3.05, 3.63) is 53.6 Å². The predicted molar refractivity (Wildman–Crippen MR) is 94.2 cm³/mol. The van der Waals surface area contributed by atoms with Crippen LogP contribution in [0.1, 0.15) is 13.3 Å². The van der Waals surface area contributed by atoms with E-state index in [1.54, 1.807) is 6.07 Å². The molecule has 0 saturated heterocycles. The molecule has 24 heavy (non-hydrogen) atoms. The third kappa shape index (κ3) is 4.70. The first-order valence-electron chi connectivity index (χ1n) is 7.13. The zero-order valence-electron chi connectivity index (χ0n) is 12.9. The minimum Gasteiger partial charge on any atom is -0.280 e. The Morgan fingerprint density at radius 3 is 2.17 bits per heavy atom. The summed E-state index contributed by atoms with van der Waals surface area (Å²) in [5.74, 6) is 0. The van der Waals surface area contributed by atoms with Gasteiger partial charge in [0, 0.05) is 17.3 Å². The van der Waals surface area contributed by atoms with Crippen LogP contribution in [0, 0.1) is 0 Å². The highest BCUT2D eigenvalue weighted by atomic mass is 35.5. The summed E-state index contributed by atoms with van der Waals surface area (Å²) in [5.41, 5.74) is 0.254. The van der Waals surface area contributed by atoms with Gasteiger partial charge in [0.25, 0.3) is 10.0 Å². The van der Waals surface area contributed by atoms with Gasteiger partial charge in [0.2, 0.25) is 10.0 Å². The average Bonchev–Trinajstić information content (AvgIpc) is 2.53. The maximum Gasteiger partial charge on any atom is 0.261 e. The third-order valence-electron chi connectivity index (χ3n) is 3.07. The van der Waals surface area contributed by atoms with E-state index < -0.39 is 20.0 Å². The second-order valence-electron chi connectivity index (χ2n) is 4.99. The fraction of sp³-hybridized carbons (Fsp3) is 0.200. The molecule has 2 N–H and O–H groups in total. The minimum absolute atomic E-state index is 0.0244. The maximum atomic E-state index is 12.3. The Bertz CT molecular complexity index is 911. The number of hydrogen-bond donors (Lipinski definition) is 2. The standard InChI is InChI=1S/C15H17ClN2O4S2/c1-2-10-17-23(19,20)14-8-6-13(7-9-14)18-24(21,22)15-5-3-4-12(16)11-15/h3-9,11,17-18H,2,10H2,1H3. The lowest BCUT2D eigenvalue weighted by atomic mass is 10.3. The highest BCUT2D eigenvalue weighted by Gasteiger charge is 2.16. The van der Waals surface area contributed by atoms with E-state index in [4.69, 9.17) is 11.6 Å². The van der Waals surface area contributed by atoms with Crippen molar-refractivity contribution < 1.29 is 16.8 Å². The SMILES string of the molecule is CCCNS(=O)(=O)c1ccc(NS(=O)(=O)c2cccc(Cl)c2)cc1. The van der Waals surface area contributed by atoms with Gasteiger partial charge < -0.3 is 0 Å². The molecule has 0 aliphatic carbocycles. The molecule has 2 rings (SSSR count). The molecular weight excluding hydrogens is 372 g/mol. The Morgan fingerprint density at radius 2 is 1.58 bits per heavy atom. The highest BCUT2D eigenvalue weighted by molar-refractivity contribution is 7.92. The third-order valence-corrected chi connectivity index (χ3v) is 6.16. The smallest absolute Gasteiger partial charge is 0.261 e. The lowest BCUT2D eigenvalue weighted by Crippen LogP contribution is -2.24. The molecule has 0 radical (unpaired) electrons. The van der Waals surface area contributed by atoms with Crippen LogP contribution in [-0.2, 0) is 20.0 Å². The van der Waals surface area contributed by atoms with E-state index >= 15 is 0 Å². The molecule has 2 aromatic carbocycles. The molecule has 9 heteroatoms. The van der Waals surface area contributed by atoms with Gasteiger partial charge in [-0.15, -0.1) is 0 Å². The zero-order chi connectivity index (χ0) is 17.8. The minimum atomic E-state index is -3.80. The van der Waals surface area contributed by atoms with Crippen LogP contribution in [0.4, 0.5) is 5.69 Å². The van der Waals surface area contributed by atoms with Crippen molar-refractivity contribution >= 4 is 37.3 Å². The van der Waals surface area contributed by atoms with Crippen molar-refractivity contribution in [3.8, 4) is 0 Å². The molecule has 0 fully saturated rings. The molecule has 0 saturated carbocycles. The number of benzene rings is 2. The molecule has 0 spiro atoms. The number of sulfonamides is 2. The van der Waals surface area contributed by atoms with Crippen molar-refractivity contribution in [3.63, 3.8) is 0 Å². The maximum absolute atomic E-state index is 12.3. The van der Waals surface area contributed by atoms with E-state index in [0.29, 0.717) is 18.0 Å². The highest BCUT2D eigenvalue weighted by Crippen LogP contribution is 2.20. The molecule has 0 aromatic heterocycles. The molecule has 0 unspecified atom stereocenters. The second kappa shape index (κ2) is 7.52. The first kappa shape index (κ1) is 18.7. The molecule has 0 bridgehead atoms. The van der Waals surface area contributed by atoms with Gasteiger partial charge in [-0.05, 0) is 48.9 Å². The summed E-state index contributed by atoms with van der Waals surface area (Å²) in [6.07, 6.45) is 0.677.